The van der Waals surface area contributed by atoms with Crippen molar-refractivity contribution in [3.05, 3.63) is 35.9 Å². The lowest BCUT2D eigenvalue weighted by Gasteiger charge is -2.12. The maximum absolute atomic E-state index is 12.2. The molecule has 6 heteroatoms. The van der Waals surface area contributed by atoms with Crippen molar-refractivity contribution < 1.29 is 23.0 Å². The molecule has 0 radical (unpaired) electrons. The monoisotopic (exact) mass is 311 g/mol. The highest BCUT2D eigenvalue weighted by Crippen LogP contribution is 2.29. The number of rotatable bonds is 7. The predicted octanol–water partition coefficient (Wildman–Crippen LogP) is 3.27. The number of ether oxygens (including phenoxy) is 2. The highest BCUT2D eigenvalue weighted by Gasteiger charge is 2.14. The van der Waals surface area contributed by atoms with Crippen molar-refractivity contribution in [2.45, 2.75) is 32.4 Å². The van der Waals surface area contributed by atoms with E-state index in [-0.39, 0.29) is 17.4 Å². The van der Waals surface area contributed by atoms with Crippen molar-refractivity contribution in [1.29, 1.82) is 0 Å². The molecule has 1 aliphatic rings. The summed E-state index contributed by atoms with van der Waals surface area (Å²) in [5, 5.41) is 2.82. The molecule has 0 saturated carbocycles. The van der Waals surface area contributed by atoms with Crippen LogP contribution in [0, 0.1) is 5.92 Å². The minimum absolute atomic E-state index is 0.0244. The summed E-state index contributed by atoms with van der Waals surface area (Å²) in [4.78, 5) is 11.8. The van der Waals surface area contributed by atoms with Gasteiger partial charge in [0.1, 0.15) is 0 Å². The first kappa shape index (κ1) is 16.3. The van der Waals surface area contributed by atoms with Crippen LogP contribution in [0.1, 0.15) is 24.8 Å². The fourth-order valence-electron chi connectivity index (χ4n) is 2.39. The van der Waals surface area contributed by atoms with Gasteiger partial charge >= 0.3 is 6.61 Å². The number of hydrogen-bond donors (Lipinski definition) is 1. The van der Waals surface area contributed by atoms with Gasteiger partial charge in [0.05, 0.1) is 7.11 Å². The zero-order valence-electron chi connectivity index (χ0n) is 12.4. The second-order valence-corrected chi connectivity index (χ2v) is 5.11. The maximum atomic E-state index is 12.2. The zero-order valence-corrected chi connectivity index (χ0v) is 12.4. The quantitative estimate of drug-likeness (QED) is 0.786. The van der Waals surface area contributed by atoms with E-state index in [1.807, 2.05) is 0 Å². The van der Waals surface area contributed by atoms with Gasteiger partial charge in [-0.05, 0) is 36.5 Å². The van der Waals surface area contributed by atoms with Gasteiger partial charge in [-0.1, -0.05) is 18.2 Å². The number of alkyl halides is 2. The number of nitrogens with one attached hydrogen (secondary N) is 1. The van der Waals surface area contributed by atoms with E-state index in [0.717, 1.165) is 18.4 Å². The van der Waals surface area contributed by atoms with Crippen LogP contribution < -0.4 is 14.8 Å². The Bertz CT molecular complexity index is 546. The lowest BCUT2D eigenvalue weighted by molar-refractivity contribution is -0.121. The van der Waals surface area contributed by atoms with Crippen LogP contribution in [0.3, 0.4) is 0 Å². The number of carbonyl (C=O) groups is 1. The minimum Gasteiger partial charge on any atom is -0.493 e. The molecule has 1 aromatic rings. The number of methoxy groups -OCH3 is 1. The third-order valence-corrected chi connectivity index (χ3v) is 3.49. The summed E-state index contributed by atoms with van der Waals surface area (Å²) in [5.41, 5.74) is 0.758. The number of carbonyl (C=O) groups excluding carboxylic acids is 1. The van der Waals surface area contributed by atoms with Crippen molar-refractivity contribution in [2.24, 2.45) is 5.92 Å². The number of halogens is 2. The number of hydrogen-bond acceptors (Lipinski definition) is 3. The average Bonchev–Trinajstić information content (AvgIpc) is 2.98. The van der Waals surface area contributed by atoms with Crippen molar-refractivity contribution in [3.8, 4) is 11.5 Å². The molecule has 0 heterocycles. The molecule has 4 nitrogen and oxygen atoms in total. The molecule has 1 aromatic carbocycles. The Morgan fingerprint density at radius 1 is 1.41 bits per heavy atom. The Balaban J connectivity index is 1.89. The third kappa shape index (κ3) is 4.72. The van der Waals surface area contributed by atoms with Gasteiger partial charge in [0.2, 0.25) is 5.91 Å². The Morgan fingerprint density at radius 3 is 2.86 bits per heavy atom. The van der Waals surface area contributed by atoms with Crippen LogP contribution in [-0.4, -0.2) is 19.6 Å². The van der Waals surface area contributed by atoms with E-state index in [9.17, 15) is 13.6 Å². The molecular formula is C16H19F2NO3. The van der Waals surface area contributed by atoms with E-state index < -0.39 is 6.61 Å². The molecule has 0 aliphatic heterocycles. The second kappa shape index (κ2) is 7.77. The van der Waals surface area contributed by atoms with Gasteiger partial charge in [-0.15, -0.1) is 0 Å². The summed E-state index contributed by atoms with van der Waals surface area (Å²) in [6, 6.07) is 4.61. The molecule has 0 saturated heterocycles. The van der Waals surface area contributed by atoms with E-state index in [4.69, 9.17) is 4.74 Å². The number of allylic oxidation sites excluding steroid dienone is 2. The van der Waals surface area contributed by atoms with Crippen LogP contribution in [0.2, 0.25) is 0 Å². The Labute approximate surface area is 128 Å². The first-order valence-electron chi connectivity index (χ1n) is 7.13. The Kier molecular flexibility index (Phi) is 5.75. The van der Waals surface area contributed by atoms with Gasteiger partial charge in [-0.2, -0.15) is 8.78 Å². The van der Waals surface area contributed by atoms with Crippen molar-refractivity contribution in [1.82, 2.24) is 5.32 Å². The molecule has 0 aromatic heterocycles. The summed E-state index contributed by atoms with van der Waals surface area (Å²) >= 11 is 0. The first-order valence-corrected chi connectivity index (χ1v) is 7.13. The average molecular weight is 311 g/mol. The van der Waals surface area contributed by atoms with Gasteiger partial charge < -0.3 is 14.8 Å². The number of amides is 1. The molecule has 2 rings (SSSR count). The minimum atomic E-state index is -2.90. The van der Waals surface area contributed by atoms with Crippen LogP contribution >= 0.6 is 0 Å². The van der Waals surface area contributed by atoms with Gasteiger partial charge in [0.25, 0.3) is 0 Å². The fourth-order valence-corrected chi connectivity index (χ4v) is 2.39. The molecule has 1 amide bonds. The molecule has 120 valence electrons. The number of benzene rings is 1. The van der Waals surface area contributed by atoms with Crippen LogP contribution in [0.25, 0.3) is 0 Å². The normalized spacial score (nSPS) is 16.8. The smallest absolute Gasteiger partial charge is 0.387 e. The summed E-state index contributed by atoms with van der Waals surface area (Å²) in [5.74, 6) is 0.481. The SMILES string of the molecule is COc1cc(CNC(=O)C[C@H]2C=CCC2)ccc1OC(F)F. The van der Waals surface area contributed by atoms with Crippen LogP contribution in [0.5, 0.6) is 11.5 Å². The highest BCUT2D eigenvalue weighted by molar-refractivity contribution is 5.76. The molecular weight excluding hydrogens is 292 g/mol. The van der Waals surface area contributed by atoms with E-state index in [1.54, 1.807) is 12.1 Å². The largest absolute Gasteiger partial charge is 0.493 e. The van der Waals surface area contributed by atoms with Crippen LogP contribution in [0.4, 0.5) is 8.78 Å². The standard InChI is InChI=1S/C16H19F2NO3/c1-21-14-8-12(6-7-13(14)22-16(17)18)10-19-15(20)9-11-4-2-3-5-11/h2,4,6-8,11,16H,3,5,9-10H2,1H3,(H,19,20)/t11-/m0/s1. The summed E-state index contributed by atoms with van der Waals surface area (Å²) in [6.07, 6.45) is 6.67. The lowest BCUT2D eigenvalue weighted by Crippen LogP contribution is -2.24. The van der Waals surface area contributed by atoms with Crippen LogP contribution in [-0.2, 0) is 11.3 Å². The summed E-state index contributed by atoms with van der Waals surface area (Å²) < 4.78 is 33.9. The first-order chi connectivity index (χ1) is 10.6. The molecule has 1 N–H and O–H groups in total. The van der Waals surface area contributed by atoms with Crippen molar-refractivity contribution in [2.75, 3.05) is 7.11 Å². The lowest BCUT2D eigenvalue weighted by atomic mass is 10.1. The molecule has 0 spiro atoms. The van der Waals surface area contributed by atoms with Gasteiger partial charge in [-0.3, -0.25) is 4.79 Å². The van der Waals surface area contributed by atoms with Gasteiger partial charge in [0.15, 0.2) is 11.5 Å². The van der Waals surface area contributed by atoms with Gasteiger partial charge in [-0.25, -0.2) is 0 Å². The molecule has 0 bridgehead atoms. The summed E-state index contributed by atoms with van der Waals surface area (Å²) in [6.45, 7) is -2.58. The fraction of sp³-hybridized carbons (Fsp3) is 0.438. The second-order valence-electron chi connectivity index (χ2n) is 5.11. The van der Waals surface area contributed by atoms with Crippen molar-refractivity contribution in [3.63, 3.8) is 0 Å². The molecule has 1 atom stereocenters. The topological polar surface area (TPSA) is 47.6 Å². The van der Waals surface area contributed by atoms with E-state index in [1.165, 1.54) is 13.2 Å². The zero-order chi connectivity index (χ0) is 15.9. The van der Waals surface area contributed by atoms with E-state index in [0.29, 0.717) is 18.9 Å². The van der Waals surface area contributed by atoms with Crippen LogP contribution in [0.15, 0.2) is 30.4 Å². The molecule has 0 fully saturated rings. The van der Waals surface area contributed by atoms with Gasteiger partial charge in [0, 0.05) is 13.0 Å². The third-order valence-electron chi connectivity index (χ3n) is 3.49. The highest BCUT2D eigenvalue weighted by atomic mass is 19.3. The van der Waals surface area contributed by atoms with E-state index in [2.05, 4.69) is 22.2 Å². The molecule has 22 heavy (non-hydrogen) atoms. The van der Waals surface area contributed by atoms with Crippen molar-refractivity contribution >= 4 is 5.91 Å². The maximum Gasteiger partial charge on any atom is 0.387 e. The summed E-state index contributed by atoms with van der Waals surface area (Å²) in [7, 11) is 1.38. The van der Waals surface area contributed by atoms with E-state index >= 15 is 0 Å². The Hall–Kier alpha value is -2.11. The molecule has 1 aliphatic carbocycles. The predicted molar refractivity (Wildman–Crippen MR) is 78.0 cm³/mol. The molecule has 0 unspecified atom stereocenters. The Morgan fingerprint density at radius 2 is 2.23 bits per heavy atom.